The summed E-state index contributed by atoms with van der Waals surface area (Å²) < 4.78 is 31.3. The predicted molar refractivity (Wildman–Crippen MR) is 140 cm³/mol. The molecule has 2 aromatic rings. The van der Waals surface area contributed by atoms with E-state index in [1.807, 2.05) is 24.5 Å². The Hall–Kier alpha value is -2.35. The summed E-state index contributed by atoms with van der Waals surface area (Å²) in [5, 5.41) is 2.80. The average Bonchev–Trinajstić information content (AvgIpc) is 3.12. The topological polar surface area (TPSA) is 90.3 Å². The third-order valence-electron chi connectivity index (χ3n) is 6.91. The lowest BCUT2D eigenvalue weighted by molar-refractivity contribution is 0.0938. The molecule has 1 aliphatic carbocycles. The van der Waals surface area contributed by atoms with Gasteiger partial charge in [-0.25, -0.2) is 13.4 Å². The van der Waals surface area contributed by atoms with Gasteiger partial charge < -0.3 is 14.6 Å². The smallest absolute Gasteiger partial charge is 0.271 e. The molecular weight excluding hydrogens is 462 g/mol. The summed E-state index contributed by atoms with van der Waals surface area (Å²) >= 11 is 0. The van der Waals surface area contributed by atoms with Crippen LogP contribution in [-0.4, -0.2) is 49.0 Å². The molecule has 1 amide bonds. The molecular formula is C27H41N3O4S. The molecule has 8 heteroatoms. The first-order valence-electron chi connectivity index (χ1n) is 12.6. The third-order valence-corrected chi connectivity index (χ3v) is 8.59. The van der Waals surface area contributed by atoms with Gasteiger partial charge in [0.05, 0.1) is 23.7 Å². The third kappa shape index (κ3) is 6.66. The minimum absolute atomic E-state index is 0.142. The van der Waals surface area contributed by atoms with Crippen LogP contribution in [0.2, 0.25) is 0 Å². The highest BCUT2D eigenvalue weighted by atomic mass is 32.2. The first-order valence-corrected chi connectivity index (χ1v) is 14.5. The van der Waals surface area contributed by atoms with Crippen LogP contribution in [-0.2, 0) is 22.7 Å². The first-order chi connectivity index (χ1) is 16.3. The minimum atomic E-state index is -2.99. The van der Waals surface area contributed by atoms with Crippen LogP contribution >= 0.6 is 0 Å². The van der Waals surface area contributed by atoms with Crippen molar-refractivity contribution in [1.29, 1.82) is 0 Å². The molecule has 0 unspecified atom stereocenters. The Morgan fingerprint density at radius 3 is 2.40 bits per heavy atom. The number of nitrogens with zero attached hydrogens (tertiary/aromatic N) is 2. The summed E-state index contributed by atoms with van der Waals surface area (Å²) in [4.78, 5) is 17.8. The van der Waals surface area contributed by atoms with Crippen molar-refractivity contribution in [3.05, 3.63) is 41.0 Å². The molecule has 0 radical (unpaired) electrons. The number of benzene rings is 1. The van der Waals surface area contributed by atoms with Crippen LogP contribution in [0.3, 0.4) is 0 Å². The second kappa shape index (κ2) is 10.7. The van der Waals surface area contributed by atoms with Crippen molar-refractivity contribution in [2.24, 2.45) is 11.3 Å². The molecule has 1 saturated carbocycles. The van der Waals surface area contributed by atoms with Gasteiger partial charge in [0.25, 0.3) is 5.91 Å². The van der Waals surface area contributed by atoms with Gasteiger partial charge in [0.2, 0.25) is 0 Å². The summed E-state index contributed by atoms with van der Waals surface area (Å²) in [6, 6.07) is 6.20. The van der Waals surface area contributed by atoms with Gasteiger partial charge in [-0.3, -0.25) is 4.79 Å². The first kappa shape index (κ1) is 27.2. The Kier molecular flexibility index (Phi) is 8.35. The van der Waals surface area contributed by atoms with E-state index < -0.39 is 9.84 Å². The molecule has 1 aromatic carbocycles. The van der Waals surface area contributed by atoms with E-state index >= 15 is 0 Å². The van der Waals surface area contributed by atoms with Crippen molar-refractivity contribution < 1.29 is 17.9 Å². The number of carbonyl (C=O) groups excluding carboxylic acids is 1. The number of aryl methyl sites for hydroxylation is 1. The monoisotopic (exact) mass is 503 g/mol. The number of imidazole rings is 1. The highest BCUT2D eigenvalue weighted by Crippen LogP contribution is 2.31. The molecule has 1 N–H and O–H groups in total. The maximum absolute atomic E-state index is 13.1. The van der Waals surface area contributed by atoms with Crippen LogP contribution in [0.15, 0.2) is 18.2 Å². The summed E-state index contributed by atoms with van der Waals surface area (Å²) in [5.74, 6) is 1.78. The Bertz CT molecular complexity index is 1150. The second-order valence-electron chi connectivity index (χ2n) is 11.1. The molecule has 35 heavy (non-hydrogen) atoms. The van der Waals surface area contributed by atoms with E-state index in [0.29, 0.717) is 37.4 Å². The van der Waals surface area contributed by atoms with Crippen molar-refractivity contribution in [2.45, 2.75) is 78.4 Å². The number of methoxy groups -OCH3 is 1. The van der Waals surface area contributed by atoms with E-state index in [1.165, 1.54) is 6.26 Å². The van der Waals surface area contributed by atoms with Gasteiger partial charge >= 0.3 is 0 Å². The number of aromatic nitrogens is 2. The summed E-state index contributed by atoms with van der Waals surface area (Å²) in [5.41, 5.74) is 3.46. The number of carbonyl (C=O) groups is 1. The van der Waals surface area contributed by atoms with Crippen LogP contribution in [0.4, 0.5) is 0 Å². The fourth-order valence-electron chi connectivity index (χ4n) is 5.03. The van der Waals surface area contributed by atoms with Gasteiger partial charge in [-0.05, 0) is 62.0 Å². The van der Waals surface area contributed by atoms with Gasteiger partial charge in [0.15, 0.2) is 0 Å². The number of amides is 1. The highest BCUT2D eigenvalue weighted by molar-refractivity contribution is 7.91. The minimum Gasteiger partial charge on any atom is -0.496 e. The Labute approximate surface area is 210 Å². The zero-order valence-electron chi connectivity index (χ0n) is 22.3. The molecule has 1 aromatic heterocycles. The molecule has 7 nitrogen and oxygen atoms in total. The van der Waals surface area contributed by atoms with E-state index in [0.717, 1.165) is 47.8 Å². The number of nitrogens with one attached hydrogen (secondary N) is 1. The van der Waals surface area contributed by atoms with Gasteiger partial charge in [-0.1, -0.05) is 33.8 Å². The van der Waals surface area contributed by atoms with Crippen molar-refractivity contribution in [3.63, 3.8) is 0 Å². The zero-order chi connectivity index (χ0) is 26.0. The number of sulfone groups is 1. The van der Waals surface area contributed by atoms with Crippen LogP contribution in [0, 0.1) is 18.3 Å². The van der Waals surface area contributed by atoms with Gasteiger partial charge in [-0.15, -0.1) is 0 Å². The highest BCUT2D eigenvalue weighted by Gasteiger charge is 2.28. The normalized spacial score (nSPS) is 18.9. The van der Waals surface area contributed by atoms with E-state index in [-0.39, 0.29) is 16.6 Å². The SMILES string of the molecule is CCc1nc(C(=O)NCC2CCC(S(C)(=O)=O)CC2)c(C)n1-c1ccc(CC(C)(C)C)c(OC)c1. The van der Waals surface area contributed by atoms with Crippen molar-refractivity contribution in [3.8, 4) is 11.4 Å². The molecule has 0 aliphatic heterocycles. The summed E-state index contributed by atoms with van der Waals surface area (Å²) in [7, 11) is -1.30. The Balaban J connectivity index is 1.77. The fraction of sp³-hybridized carbons (Fsp3) is 0.630. The second-order valence-corrected chi connectivity index (χ2v) is 13.4. The van der Waals surface area contributed by atoms with Crippen molar-refractivity contribution >= 4 is 15.7 Å². The zero-order valence-corrected chi connectivity index (χ0v) is 23.1. The van der Waals surface area contributed by atoms with Crippen LogP contribution in [0.1, 0.15) is 80.9 Å². The molecule has 0 spiro atoms. The van der Waals surface area contributed by atoms with E-state index in [1.54, 1.807) is 7.11 Å². The standard InChI is InChI=1S/C27H41N3O4S/c1-8-24-29-25(26(31)28-17-19-9-13-22(14-10-19)35(7,32)33)18(2)30(24)21-12-11-20(16-27(3,4)5)23(15-21)34-6/h11-12,15,19,22H,8-10,13-14,16-17H2,1-7H3,(H,28,31). The number of rotatable bonds is 8. The molecule has 1 fully saturated rings. The molecule has 0 saturated heterocycles. The number of ether oxygens (including phenoxy) is 1. The maximum atomic E-state index is 13.1. The lowest BCUT2D eigenvalue weighted by Gasteiger charge is -2.27. The Morgan fingerprint density at radius 2 is 1.86 bits per heavy atom. The molecule has 0 atom stereocenters. The quantitative estimate of drug-likeness (QED) is 0.565. The van der Waals surface area contributed by atoms with Crippen LogP contribution in [0.25, 0.3) is 5.69 Å². The summed E-state index contributed by atoms with van der Waals surface area (Å²) in [6.45, 7) is 11.1. The largest absolute Gasteiger partial charge is 0.496 e. The predicted octanol–water partition coefficient (Wildman–Crippen LogP) is 4.67. The van der Waals surface area contributed by atoms with E-state index in [4.69, 9.17) is 4.74 Å². The number of hydrogen-bond acceptors (Lipinski definition) is 5. The lowest BCUT2D eigenvalue weighted by Crippen LogP contribution is -2.34. The van der Waals surface area contributed by atoms with E-state index in [2.05, 4.69) is 43.2 Å². The number of hydrogen-bond donors (Lipinski definition) is 1. The fourth-order valence-corrected chi connectivity index (χ4v) is 6.16. The van der Waals surface area contributed by atoms with Gasteiger partial charge in [0, 0.05) is 25.3 Å². The molecule has 194 valence electrons. The van der Waals surface area contributed by atoms with E-state index in [9.17, 15) is 13.2 Å². The van der Waals surface area contributed by atoms with Gasteiger partial charge in [-0.2, -0.15) is 0 Å². The average molecular weight is 504 g/mol. The maximum Gasteiger partial charge on any atom is 0.271 e. The van der Waals surface area contributed by atoms with Gasteiger partial charge in [0.1, 0.15) is 27.1 Å². The molecule has 3 rings (SSSR count). The summed E-state index contributed by atoms with van der Waals surface area (Å²) in [6.07, 6.45) is 5.87. The lowest BCUT2D eigenvalue weighted by atomic mass is 9.87. The molecule has 0 bridgehead atoms. The van der Waals surface area contributed by atoms with Crippen molar-refractivity contribution in [1.82, 2.24) is 14.9 Å². The van der Waals surface area contributed by atoms with Crippen LogP contribution in [0.5, 0.6) is 5.75 Å². The Morgan fingerprint density at radius 1 is 1.20 bits per heavy atom. The van der Waals surface area contributed by atoms with Crippen LogP contribution < -0.4 is 10.1 Å². The van der Waals surface area contributed by atoms with Crippen molar-refractivity contribution in [2.75, 3.05) is 19.9 Å². The molecule has 1 heterocycles. The molecule has 1 aliphatic rings.